The third kappa shape index (κ3) is 2.45. The minimum absolute atomic E-state index is 0.137. The van der Waals surface area contributed by atoms with Crippen molar-refractivity contribution in [2.75, 3.05) is 5.32 Å². The summed E-state index contributed by atoms with van der Waals surface area (Å²) in [5, 5.41) is 17.2. The molecule has 7 nitrogen and oxygen atoms in total. The highest BCUT2D eigenvalue weighted by molar-refractivity contribution is 5.93. The van der Waals surface area contributed by atoms with Gasteiger partial charge >= 0.3 is 0 Å². The molecule has 0 bridgehead atoms. The van der Waals surface area contributed by atoms with Crippen molar-refractivity contribution in [3.05, 3.63) is 35.4 Å². The van der Waals surface area contributed by atoms with E-state index in [9.17, 15) is 4.79 Å². The Labute approximate surface area is 110 Å². The van der Waals surface area contributed by atoms with Crippen LogP contribution >= 0.6 is 0 Å². The van der Waals surface area contributed by atoms with Crippen molar-refractivity contribution >= 4 is 11.9 Å². The number of fused-ring (bicyclic) bond motifs is 1. The third-order valence-corrected chi connectivity index (χ3v) is 3.14. The number of anilines is 1. The molecule has 7 heteroatoms. The molecule has 1 unspecified atom stereocenters. The Morgan fingerprint density at radius 3 is 2.95 bits per heavy atom. The van der Waals surface area contributed by atoms with Crippen molar-refractivity contribution in [1.29, 1.82) is 0 Å². The predicted octanol–water partition coefficient (Wildman–Crippen LogP) is -0.137. The second-order valence-electron chi connectivity index (χ2n) is 4.50. The topological polar surface area (TPSA) is 84.7 Å². The van der Waals surface area contributed by atoms with Gasteiger partial charge in [0.25, 0.3) is 5.95 Å². The van der Waals surface area contributed by atoms with Crippen LogP contribution in [0.3, 0.4) is 0 Å². The van der Waals surface area contributed by atoms with Crippen LogP contribution in [-0.4, -0.2) is 32.2 Å². The minimum atomic E-state index is -0.265. The van der Waals surface area contributed by atoms with E-state index in [1.54, 1.807) is 7.05 Å². The summed E-state index contributed by atoms with van der Waals surface area (Å²) in [6, 6.07) is 7.85. The maximum Gasteiger partial charge on any atom is 0.270 e. The normalized spacial score (nSPS) is 17.8. The second kappa shape index (κ2) is 4.77. The summed E-state index contributed by atoms with van der Waals surface area (Å²) < 4.78 is 0. The van der Waals surface area contributed by atoms with Gasteiger partial charge in [0.2, 0.25) is 5.91 Å². The van der Waals surface area contributed by atoms with E-state index >= 15 is 0 Å². The molecule has 0 spiro atoms. The first-order valence-electron chi connectivity index (χ1n) is 6.07. The number of nitrogens with one attached hydrogen (secondary N) is 2. The Bertz CT molecular complexity index is 608. The van der Waals surface area contributed by atoms with Gasteiger partial charge in [0.1, 0.15) is 0 Å². The Morgan fingerprint density at radius 2 is 2.21 bits per heavy atom. The van der Waals surface area contributed by atoms with Gasteiger partial charge in [-0.15, -0.1) is 5.10 Å². The zero-order chi connectivity index (χ0) is 13.2. The van der Waals surface area contributed by atoms with Crippen molar-refractivity contribution in [2.45, 2.75) is 19.0 Å². The molecule has 2 heterocycles. The SMILES string of the molecule is Cn1nnc(NC(=O)C2Cc3ccccc3CN2)n1. The maximum absolute atomic E-state index is 12.1. The molecular formula is C12H14N6O. The van der Waals surface area contributed by atoms with Gasteiger partial charge in [-0.25, -0.2) is 0 Å². The van der Waals surface area contributed by atoms with E-state index in [1.807, 2.05) is 12.1 Å². The van der Waals surface area contributed by atoms with Crippen molar-refractivity contribution in [3.8, 4) is 0 Å². The number of nitrogens with zero attached hydrogens (tertiary/aromatic N) is 4. The number of rotatable bonds is 2. The molecule has 1 aromatic carbocycles. The van der Waals surface area contributed by atoms with Crippen LogP contribution in [0.2, 0.25) is 0 Å². The molecule has 1 aromatic heterocycles. The number of hydrogen-bond acceptors (Lipinski definition) is 5. The Morgan fingerprint density at radius 1 is 1.42 bits per heavy atom. The highest BCUT2D eigenvalue weighted by Gasteiger charge is 2.24. The second-order valence-corrected chi connectivity index (χ2v) is 4.50. The molecule has 3 rings (SSSR count). The van der Waals surface area contributed by atoms with Gasteiger partial charge < -0.3 is 5.32 Å². The molecule has 1 atom stereocenters. The molecule has 1 aliphatic heterocycles. The van der Waals surface area contributed by atoms with Gasteiger partial charge in [-0.1, -0.05) is 29.4 Å². The van der Waals surface area contributed by atoms with E-state index in [0.29, 0.717) is 13.0 Å². The van der Waals surface area contributed by atoms with E-state index in [4.69, 9.17) is 0 Å². The zero-order valence-corrected chi connectivity index (χ0v) is 10.5. The minimum Gasteiger partial charge on any atom is -0.301 e. The van der Waals surface area contributed by atoms with Crippen LogP contribution < -0.4 is 10.6 Å². The smallest absolute Gasteiger partial charge is 0.270 e. The van der Waals surface area contributed by atoms with E-state index in [0.717, 1.165) is 0 Å². The first-order chi connectivity index (χ1) is 9.22. The molecule has 19 heavy (non-hydrogen) atoms. The number of hydrogen-bond donors (Lipinski definition) is 2. The Hall–Kier alpha value is -2.28. The summed E-state index contributed by atoms with van der Waals surface area (Å²) in [6.07, 6.45) is 0.669. The van der Waals surface area contributed by atoms with Crippen LogP contribution in [-0.2, 0) is 24.8 Å². The molecule has 0 radical (unpaired) electrons. The molecule has 0 saturated carbocycles. The first-order valence-corrected chi connectivity index (χ1v) is 6.07. The van der Waals surface area contributed by atoms with Gasteiger partial charge in [0.15, 0.2) is 0 Å². The molecular weight excluding hydrogens is 244 g/mol. The highest BCUT2D eigenvalue weighted by atomic mass is 16.2. The Kier molecular flexibility index (Phi) is 2.96. The van der Waals surface area contributed by atoms with Gasteiger partial charge in [-0.05, 0) is 22.8 Å². The fourth-order valence-corrected chi connectivity index (χ4v) is 2.17. The summed E-state index contributed by atoms with van der Waals surface area (Å²) in [5.41, 5.74) is 2.44. The van der Waals surface area contributed by atoms with Gasteiger partial charge in [-0.2, -0.15) is 4.80 Å². The molecule has 2 N–H and O–H groups in total. The first kappa shape index (κ1) is 11.8. The van der Waals surface area contributed by atoms with Crippen molar-refractivity contribution in [3.63, 3.8) is 0 Å². The number of tetrazole rings is 1. The molecule has 0 saturated heterocycles. The predicted molar refractivity (Wildman–Crippen MR) is 68.2 cm³/mol. The summed E-state index contributed by atoms with van der Waals surface area (Å²) in [6.45, 7) is 0.697. The number of amides is 1. The van der Waals surface area contributed by atoms with E-state index in [2.05, 4.69) is 38.2 Å². The van der Waals surface area contributed by atoms with Crippen LogP contribution in [0.5, 0.6) is 0 Å². The van der Waals surface area contributed by atoms with Gasteiger partial charge in [-0.3, -0.25) is 10.1 Å². The van der Waals surface area contributed by atoms with Gasteiger partial charge in [0.05, 0.1) is 13.1 Å². The largest absolute Gasteiger partial charge is 0.301 e. The summed E-state index contributed by atoms with van der Waals surface area (Å²) in [5.74, 6) is 0.0932. The lowest BCUT2D eigenvalue weighted by Gasteiger charge is -2.24. The van der Waals surface area contributed by atoms with Crippen LogP contribution in [0.25, 0.3) is 0 Å². The number of aromatic nitrogens is 4. The molecule has 0 fully saturated rings. The summed E-state index contributed by atoms with van der Waals surface area (Å²) in [4.78, 5) is 13.4. The average Bonchev–Trinajstić information content (AvgIpc) is 2.83. The van der Waals surface area contributed by atoms with Crippen LogP contribution in [0, 0.1) is 0 Å². The molecule has 2 aromatic rings. The fourth-order valence-electron chi connectivity index (χ4n) is 2.17. The molecule has 1 amide bonds. The summed E-state index contributed by atoms with van der Waals surface area (Å²) in [7, 11) is 1.65. The van der Waals surface area contributed by atoms with Crippen molar-refractivity contribution < 1.29 is 4.79 Å². The fraction of sp³-hybridized carbons (Fsp3) is 0.333. The lowest BCUT2D eigenvalue weighted by atomic mass is 9.95. The number of carbonyl (C=O) groups is 1. The molecule has 98 valence electrons. The van der Waals surface area contributed by atoms with Crippen molar-refractivity contribution in [1.82, 2.24) is 25.5 Å². The molecule has 0 aliphatic carbocycles. The maximum atomic E-state index is 12.1. The summed E-state index contributed by atoms with van der Waals surface area (Å²) >= 11 is 0. The number of aryl methyl sites for hydroxylation is 1. The third-order valence-electron chi connectivity index (χ3n) is 3.14. The Balaban J connectivity index is 1.69. The number of carbonyl (C=O) groups excluding carboxylic acids is 1. The molecule has 1 aliphatic rings. The van der Waals surface area contributed by atoms with Crippen LogP contribution in [0.1, 0.15) is 11.1 Å². The highest BCUT2D eigenvalue weighted by Crippen LogP contribution is 2.16. The monoisotopic (exact) mass is 258 g/mol. The zero-order valence-electron chi connectivity index (χ0n) is 10.5. The van der Waals surface area contributed by atoms with E-state index in [-0.39, 0.29) is 17.9 Å². The standard InChI is InChI=1S/C12H14N6O/c1-18-16-12(15-17-18)14-11(19)10-6-8-4-2-3-5-9(8)7-13-10/h2-5,10,13H,6-7H2,1H3,(H,14,16,19). The van der Waals surface area contributed by atoms with E-state index in [1.165, 1.54) is 15.9 Å². The average molecular weight is 258 g/mol. The number of benzene rings is 1. The van der Waals surface area contributed by atoms with E-state index < -0.39 is 0 Å². The van der Waals surface area contributed by atoms with Gasteiger partial charge in [0, 0.05) is 6.54 Å². The lowest BCUT2D eigenvalue weighted by Crippen LogP contribution is -2.44. The van der Waals surface area contributed by atoms with Crippen molar-refractivity contribution in [2.24, 2.45) is 7.05 Å². The van der Waals surface area contributed by atoms with Crippen LogP contribution in [0.4, 0.5) is 5.95 Å². The lowest BCUT2D eigenvalue weighted by molar-refractivity contribution is -0.118. The quantitative estimate of drug-likeness (QED) is 0.783. The van der Waals surface area contributed by atoms with Crippen LogP contribution in [0.15, 0.2) is 24.3 Å².